The van der Waals surface area contributed by atoms with E-state index in [0.717, 1.165) is 12.5 Å². The zero-order valence-corrected chi connectivity index (χ0v) is 12.3. The lowest BCUT2D eigenvalue weighted by Crippen LogP contribution is -2.52. The normalized spacial score (nSPS) is 14.9. The van der Waals surface area contributed by atoms with Gasteiger partial charge in [-0.3, -0.25) is 4.99 Å². The highest BCUT2D eigenvalue weighted by Crippen LogP contribution is 2.07. The maximum atomic E-state index is 5.08. The number of methoxy groups -OCH3 is 1. The molecule has 5 nitrogen and oxygen atoms in total. The van der Waals surface area contributed by atoms with Crippen molar-refractivity contribution in [2.24, 2.45) is 4.99 Å². The van der Waals surface area contributed by atoms with Crippen LogP contribution >= 0.6 is 0 Å². The number of hydrogen-bond donors (Lipinski definition) is 2. The van der Waals surface area contributed by atoms with E-state index in [-0.39, 0.29) is 11.6 Å². The standard InChI is InChI=1S/C12H28N4O/c1-10(8-17-7)15-11(13-4)14-9-12(2,3)16(5)6/h10H,8-9H2,1-7H3,(H2,13,14,15). The van der Waals surface area contributed by atoms with Crippen LogP contribution in [0.3, 0.4) is 0 Å². The van der Waals surface area contributed by atoms with Crippen molar-refractivity contribution in [2.45, 2.75) is 32.4 Å². The van der Waals surface area contributed by atoms with Crippen LogP contribution in [-0.2, 0) is 4.74 Å². The van der Waals surface area contributed by atoms with E-state index in [9.17, 15) is 0 Å². The van der Waals surface area contributed by atoms with E-state index in [2.05, 4.69) is 55.4 Å². The highest BCUT2D eigenvalue weighted by atomic mass is 16.5. The van der Waals surface area contributed by atoms with Crippen LogP contribution in [0.1, 0.15) is 20.8 Å². The largest absolute Gasteiger partial charge is 0.383 e. The molecule has 0 rings (SSSR count). The van der Waals surface area contributed by atoms with Crippen LogP contribution in [0, 0.1) is 0 Å². The van der Waals surface area contributed by atoms with Crippen LogP contribution in [-0.4, -0.2) is 63.8 Å². The number of nitrogens with zero attached hydrogens (tertiary/aromatic N) is 2. The Morgan fingerprint density at radius 2 is 2.00 bits per heavy atom. The molecule has 0 aliphatic rings. The molecule has 1 atom stereocenters. The van der Waals surface area contributed by atoms with Crippen LogP contribution in [0.25, 0.3) is 0 Å². The van der Waals surface area contributed by atoms with Gasteiger partial charge in [0.15, 0.2) is 5.96 Å². The Bertz CT molecular complexity index is 239. The highest BCUT2D eigenvalue weighted by molar-refractivity contribution is 5.80. The van der Waals surface area contributed by atoms with Gasteiger partial charge in [-0.25, -0.2) is 0 Å². The van der Waals surface area contributed by atoms with E-state index in [1.54, 1.807) is 14.2 Å². The van der Waals surface area contributed by atoms with Gasteiger partial charge in [-0.05, 0) is 34.9 Å². The number of hydrogen-bond acceptors (Lipinski definition) is 3. The minimum atomic E-state index is 0.0854. The Morgan fingerprint density at radius 3 is 2.41 bits per heavy atom. The van der Waals surface area contributed by atoms with Gasteiger partial charge in [-0.1, -0.05) is 0 Å². The van der Waals surface area contributed by atoms with E-state index in [1.165, 1.54) is 0 Å². The summed E-state index contributed by atoms with van der Waals surface area (Å²) in [6, 6.07) is 0.244. The Hall–Kier alpha value is -0.810. The van der Waals surface area contributed by atoms with Crippen LogP contribution < -0.4 is 10.6 Å². The maximum absolute atomic E-state index is 5.08. The fourth-order valence-electron chi connectivity index (χ4n) is 1.18. The van der Waals surface area contributed by atoms with Crippen molar-refractivity contribution in [1.82, 2.24) is 15.5 Å². The maximum Gasteiger partial charge on any atom is 0.191 e. The molecule has 0 amide bonds. The first kappa shape index (κ1) is 16.2. The topological polar surface area (TPSA) is 48.9 Å². The first-order chi connectivity index (χ1) is 7.83. The first-order valence-electron chi connectivity index (χ1n) is 5.97. The van der Waals surface area contributed by atoms with Crippen molar-refractivity contribution in [3.8, 4) is 0 Å². The fraction of sp³-hybridized carbons (Fsp3) is 0.917. The van der Waals surface area contributed by atoms with E-state index in [4.69, 9.17) is 4.74 Å². The van der Waals surface area contributed by atoms with Crippen LogP contribution in [0.2, 0.25) is 0 Å². The fourth-order valence-corrected chi connectivity index (χ4v) is 1.18. The molecule has 17 heavy (non-hydrogen) atoms. The van der Waals surface area contributed by atoms with Crippen LogP contribution in [0.15, 0.2) is 4.99 Å². The van der Waals surface area contributed by atoms with E-state index < -0.39 is 0 Å². The third kappa shape index (κ3) is 6.48. The summed E-state index contributed by atoms with van der Waals surface area (Å²) in [6.07, 6.45) is 0. The van der Waals surface area contributed by atoms with Crippen molar-refractivity contribution in [3.05, 3.63) is 0 Å². The molecule has 2 N–H and O–H groups in total. The van der Waals surface area contributed by atoms with Crippen LogP contribution in [0.4, 0.5) is 0 Å². The third-order valence-corrected chi connectivity index (χ3v) is 2.92. The SMILES string of the molecule is CN=C(NCC(C)(C)N(C)C)NC(C)COC. The Kier molecular flexibility index (Phi) is 7.15. The monoisotopic (exact) mass is 244 g/mol. The van der Waals surface area contributed by atoms with Crippen LogP contribution in [0.5, 0.6) is 0 Å². The van der Waals surface area contributed by atoms with Gasteiger partial charge < -0.3 is 20.3 Å². The highest BCUT2D eigenvalue weighted by Gasteiger charge is 2.20. The Morgan fingerprint density at radius 1 is 1.41 bits per heavy atom. The molecule has 0 fully saturated rings. The molecule has 102 valence electrons. The lowest BCUT2D eigenvalue weighted by atomic mass is 10.0. The second-order valence-corrected chi connectivity index (χ2v) is 5.13. The van der Waals surface area contributed by atoms with Gasteiger partial charge in [0, 0.05) is 32.3 Å². The molecule has 0 heterocycles. The summed E-state index contributed by atoms with van der Waals surface area (Å²) in [5.74, 6) is 0.810. The number of guanidine groups is 1. The van der Waals surface area contributed by atoms with Gasteiger partial charge >= 0.3 is 0 Å². The molecule has 5 heteroatoms. The molecule has 0 spiro atoms. The van der Waals surface area contributed by atoms with Crippen molar-refractivity contribution in [2.75, 3.05) is 41.4 Å². The van der Waals surface area contributed by atoms with E-state index in [1.807, 2.05) is 0 Å². The number of likely N-dealkylation sites (N-methyl/N-ethyl adjacent to an activating group) is 1. The van der Waals surface area contributed by atoms with E-state index >= 15 is 0 Å². The minimum Gasteiger partial charge on any atom is -0.383 e. The number of ether oxygens (including phenoxy) is 1. The number of rotatable bonds is 6. The summed E-state index contributed by atoms with van der Waals surface area (Å²) in [5, 5.41) is 6.60. The van der Waals surface area contributed by atoms with Crippen molar-refractivity contribution in [1.29, 1.82) is 0 Å². The van der Waals surface area contributed by atoms with Crippen molar-refractivity contribution < 1.29 is 4.74 Å². The number of aliphatic imine (C=N–C) groups is 1. The second kappa shape index (κ2) is 7.50. The Labute approximate surface area is 106 Å². The molecule has 0 saturated heterocycles. The van der Waals surface area contributed by atoms with Crippen molar-refractivity contribution in [3.63, 3.8) is 0 Å². The summed E-state index contributed by atoms with van der Waals surface area (Å²) in [4.78, 5) is 6.38. The first-order valence-corrected chi connectivity index (χ1v) is 5.97. The molecule has 0 radical (unpaired) electrons. The minimum absolute atomic E-state index is 0.0854. The predicted octanol–water partition coefficient (Wildman–Crippen LogP) is 0.527. The summed E-state index contributed by atoms with van der Waals surface area (Å²) in [7, 11) is 7.62. The van der Waals surface area contributed by atoms with Crippen molar-refractivity contribution >= 4 is 5.96 Å². The molecule has 0 aromatic carbocycles. The molecular formula is C12H28N4O. The van der Waals surface area contributed by atoms with Gasteiger partial charge in [0.2, 0.25) is 0 Å². The van der Waals surface area contributed by atoms with Gasteiger partial charge in [0.1, 0.15) is 0 Å². The average Bonchev–Trinajstić information content (AvgIpc) is 2.24. The Balaban J connectivity index is 4.16. The lowest BCUT2D eigenvalue weighted by molar-refractivity contribution is 0.177. The summed E-state index contributed by atoms with van der Waals surface area (Å²) in [6.45, 7) is 7.93. The zero-order valence-electron chi connectivity index (χ0n) is 12.3. The molecule has 1 unspecified atom stereocenters. The number of nitrogens with one attached hydrogen (secondary N) is 2. The molecule has 0 aliphatic carbocycles. The van der Waals surface area contributed by atoms with Gasteiger partial charge in [0.05, 0.1) is 6.61 Å². The molecule has 0 saturated carbocycles. The van der Waals surface area contributed by atoms with Gasteiger partial charge in [-0.2, -0.15) is 0 Å². The molecule has 0 aliphatic heterocycles. The molecule has 0 bridgehead atoms. The summed E-state index contributed by atoms with van der Waals surface area (Å²) in [5.41, 5.74) is 0.0854. The quantitative estimate of drug-likeness (QED) is 0.528. The average molecular weight is 244 g/mol. The summed E-state index contributed by atoms with van der Waals surface area (Å²) >= 11 is 0. The zero-order chi connectivity index (χ0) is 13.5. The summed E-state index contributed by atoms with van der Waals surface area (Å²) < 4.78 is 5.08. The second-order valence-electron chi connectivity index (χ2n) is 5.13. The van der Waals surface area contributed by atoms with E-state index in [0.29, 0.717) is 6.61 Å². The lowest BCUT2D eigenvalue weighted by Gasteiger charge is -2.33. The third-order valence-electron chi connectivity index (χ3n) is 2.92. The predicted molar refractivity (Wildman–Crippen MR) is 73.6 cm³/mol. The molecule has 0 aromatic heterocycles. The molecule has 0 aromatic rings. The smallest absolute Gasteiger partial charge is 0.191 e. The van der Waals surface area contributed by atoms with Gasteiger partial charge in [-0.15, -0.1) is 0 Å². The van der Waals surface area contributed by atoms with Gasteiger partial charge in [0.25, 0.3) is 0 Å². The molecular weight excluding hydrogens is 216 g/mol.